The highest BCUT2D eigenvalue weighted by molar-refractivity contribution is 6.18. The van der Waals surface area contributed by atoms with Crippen LogP contribution < -0.4 is 0 Å². The number of alkyl halides is 1. The van der Waals surface area contributed by atoms with Gasteiger partial charge in [0.2, 0.25) is 0 Å². The van der Waals surface area contributed by atoms with E-state index in [0.717, 1.165) is 6.54 Å². The highest BCUT2D eigenvalue weighted by Crippen LogP contribution is 2.27. The summed E-state index contributed by atoms with van der Waals surface area (Å²) in [6.45, 7) is 8.24. The Morgan fingerprint density at radius 2 is 2.15 bits per heavy atom. The second-order valence-corrected chi connectivity index (χ2v) is 4.94. The fourth-order valence-electron chi connectivity index (χ4n) is 1.99. The van der Waals surface area contributed by atoms with Gasteiger partial charge in [0.05, 0.1) is 0 Å². The molecule has 1 nitrogen and oxygen atoms in total. The SMILES string of the molecule is CC1(C)CCCN(CC=CCCl)C1. The molecule has 1 rings (SSSR count). The lowest BCUT2D eigenvalue weighted by Crippen LogP contribution is -2.39. The first-order chi connectivity index (χ1) is 6.14. The molecule has 2 heteroatoms. The van der Waals surface area contributed by atoms with Crippen LogP contribution in [0.4, 0.5) is 0 Å². The van der Waals surface area contributed by atoms with E-state index < -0.39 is 0 Å². The van der Waals surface area contributed by atoms with Crippen molar-refractivity contribution in [3.05, 3.63) is 12.2 Å². The van der Waals surface area contributed by atoms with Crippen LogP contribution in [-0.4, -0.2) is 30.4 Å². The van der Waals surface area contributed by atoms with Crippen LogP contribution in [-0.2, 0) is 0 Å². The highest BCUT2D eigenvalue weighted by Gasteiger charge is 2.25. The summed E-state index contributed by atoms with van der Waals surface area (Å²) < 4.78 is 0. The second-order valence-electron chi connectivity index (χ2n) is 4.63. The predicted molar refractivity (Wildman–Crippen MR) is 59.3 cm³/mol. The fourth-order valence-corrected chi connectivity index (χ4v) is 2.11. The first-order valence-electron chi connectivity index (χ1n) is 5.07. The number of halogens is 1. The first-order valence-corrected chi connectivity index (χ1v) is 5.61. The molecule has 0 aromatic rings. The van der Waals surface area contributed by atoms with Crippen molar-refractivity contribution in [2.45, 2.75) is 26.7 Å². The predicted octanol–water partition coefficient (Wildman–Crippen LogP) is 2.90. The first kappa shape index (κ1) is 11.1. The van der Waals surface area contributed by atoms with E-state index in [0.29, 0.717) is 11.3 Å². The normalized spacial score (nSPS) is 23.9. The molecule has 0 spiro atoms. The lowest BCUT2D eigenvalue weighted by molar-refractivity contribution is 0.129. The smallest absolute Gasteiger partial charge is 0.0404 e. The number of piperidine rings is 1. The Kier molecular flexibility index (Phi) is 4.27. The molecular formula is C11H20ClN. The van der Waals surface area contributed by atoms with E-state index in [1.165, 1.54) is 25.9 Å². The summed E-state index contributed by atoms with van der Waals surface area (Å²) in [6, 6.07) is 0. The van der Waals surface area contributed by atoms with Gasteiger partial charge in [-0.3, -0.25) is 4.90 Å². The molecule has 1 saturated heterocycles. The van der Waals surface area contributed by atoms with Crippen molar-refractivity contribution in [3.63, 3.8) is 0 Å². The highest BCUT2D eigenvalue weighted by atomic mass is 35.5. The van der Waals surface area contributed by atoms with Crippen molar-refractivity contribution < 1.29 is 0 Å². The largest absolute Gasteiger partial charge is 0.299 e. The number of likely N-dealkylation sites (tertiary alicyclic amines) is 1. The zero-order valence-corrected chi connectivity index (χ0v) is 9.48. The minimum atomic E-state index is 0.507. The Morgan fingerprint density at radius 1 is 1.38 bits per heavy atom. The van der Waals surface area contributed by atoms with Crippen molar-refractivity contribution >= 4 is 11.6 Å². The van der Waals surface area contributed by atoms with Crippen LogP contribution in [0.1, 0.15) is 26.7 Å². The number of rotatable bonds is 3. The van der Waals surface area contributed by atoms with Crippen LogP contribution in [0.5, 0.6) is 0 Å². The third-order valence-corrected chi connectivity index (χ3v) is 2.78. The Labute approximate surface area is 86.8 Å². The lowest BCUT2D eigenvalue weighted by atomic mass is 9.84. The monoisotopic (exact) mass is 201 g/mol. The van der Waals surface area contributed by atoms with Crippen LogP contribution in [0.2, 0.25) is 0 Å². The van der Waals surface area contributed by atoms with Crippen molar-refractivity contribution in [1.29, 1.82) is 0 Å². The van der Waals surface area contributed by atoms with Crippen molar-refractivity contribution in [1.82, 2.24) is 4.90 Å². The molecule has 0 atom stereocenters. The van der Waals surface area contributed by atoms with Gasteiger partial charge < -0.3 is 0 Å². The Balaban J connectivity index is 2.30. The minimum absolute atomic E-state index is 0.507. The Morgan fingerprint density at radius 3 is 2.77 bits per heavy atom. The lowest BCUT2D eigenvalue weighted by Gasteiger charge is -2.37. The van der Waals surface area contributed by atoms with E-state index in [1.54, 1.807) is 0 Å². The van der Waals surface area contributed by atoms with Gasteiger partial charge in [-0.05, 0) is 24.8 Å². The molecule has 0 unspecified atom stereocenters. The summed E-state index contributed by atoms with van der Waals surface area (Å²) in [4.78, 5) is 2.51. The summed E-state index contributed by atoms with van der Waals surface area (Å²) >= 11 is 5.57. The van der Waals surface area contributed by atoms with Gasteiger partial charge in [0.1, 0.15) is 0 Å². The van der Waals surface area contributed by atoms with Gasteiger partial charge in [-0.15, -0.1) is 11.6 Å². The molecule has 0 N–H and O–H groups in total. The van der Waals surface area contributed by atoms with Crippen molar-refractivity contribution in [3.8, 4) is 0 Å². The van der Waals surface area contributed by atoms with Crippen LogP contribution >= 0.6 is 11.6 Å². The Hall–Kier alpha value is -0.0100. The van der Waals surface area contributed by atoms with Gasteiger partial charge in [0, 0.05) is 19.0 Å². The molecule has 1 heterocycles. The van der Waals surface area contributed by atoms with E-state index in [2.05, 4.69) is 24.8 Å². The molecule has 13 heavy (non-hydrogen) atoms. The molecular weight excluding hydrogens is 182 g/mol. The molecule has 0 bridgehead atoms. The third kappa shape index (κ3) is 4.15. The number of hydrogen-bond acceptors (Lipinski definition) is 1. The summed E-state index contributed by atoms with van der Waals surface area (Å²) in [6.07, 6.45) is 6.90. The Bertz CT molecular complexity index is 175. The summed E-state index contributed by atoms with van der Waals surface area (Å²) in [5.74, 6) is 0.636. The van der Waals surface area contributed by atoms with Crippen LogP contribution in [0.3, 0.4) is 0 Å². The van der Waals surface area contributed by atoms with Gasteiger partial charge in [-0.2, -0.15) is 0 Å². The molecule has 76 valence electrons. The van der Waals surface area contributed by atoms with E-state index >= 15 is 0 Å². The summed E-state index contributed by atoms with van der Waals surface area (Å²) in [5, 5.41) is 0. The number of nitrogens with zero attached hydrogens (tertiary/aromatic N) is 1. The number of allylic oxidation sites excluding steroid dienone is 1. The van der Waals surface area contributed by atoms with Crippen molar-refractivity contribution in [2.75, 3.05) is 25.5 Å². The van der Waals surface area contributed by atoms with Gasteiger partial charge in [-0.1, -0.05) is 26.0 Å². The van der Waals surface area contributed by atoms with Gasteiger partial charge in [0.15, 0.2) is 0 Å². The molecule has 1 fully saturated rings. The van der Waals surface area contributed by atoms with Gasteiger partial charge >= 0.3 is 0 Å². The van der Waals surface area contributed by atoms with E-state index in [9.17, 15) is 0 Å². The quantitative estimate of drug-likeness (QED) is 0.502. The van der Waals surface area contributed by atoms with E-state index in [4.69, 9.17) is 11.6 Å². The maximum absolute atomic E-state index is 5.57. The van der Waals surface area contributed by atoms with Crippen molar-refractivity contribution in [2.24, 2.45) is 5.41 Å². The van der Waals surface area contributed by atoms with Gasteiger partial charge in [-0.25, -0.2) is 0 Å². The summed E-state index contributed by atoms with van der Waals surface area (Å²) in [7, 11) is 0. The molecule has 0 saturated carbocycles. The third-order valence-electron chi connectivity index (χ3n) is 2.60. The topological polar surface area (TPSA) is 3.24 Å². The molecule has 1 aliphatic heterocycles. The number of hydrogen-bond donors (Lipinski definition) is 0. The van der Waals surface area contributed by atoms with E-state index in [-0.39, 0.29) is 0 Å². The average Bonchev–Trinajstić information content (AvgIpc) is 2.03. The molecule has 0 aliphatic carbocycles. The maximum atomic E-state index is 5.57. The molecule has 0 radical (unpaired) electrons. The van der Waals surface area contributed by atoms with Crippen LogP contribution in [0, 0.1) is 5.41 Å². The zero-order valence-electron chi connectivity index (χ0n) is 8.72. The standard InChI is InChI=1S/C11H20ClN/c1-11(2)6-5-9-13(10-11)8-4-3-7-12/h3-4H,5-10H2,1-2H3. The fraction of sp³-hybridized carbons (Fsp3) is 0.818. The summed E-state index contributed by atoms with van der Waals surface area (Å²) in [5.41, 5.74) is 0.507. The second kappa shape index (κ2) is 5.02. The van der Waals surface area contributed by atoms with Crippen LogP contribution in [0.25, 0.3) is 0 Å². The van der Waals surface area contributed by atoms with Gasteiger partial charge in [0.25, 0.3) is 0 Å². The van der Waals surface area contributed by atoms with Crippen LogP contribution in [0.15, 0.2) is 12.2 Å². The zero-order chi connectivity index (χ0) is 9.73. The van der Waals surface area contributed by atoms with E-state index in [1.807, 2.05) is 6.08 Å². The minimum Gasteiger partial charge on any atom is -0.299 e. The molecule has 1 aliphatic rings. The maximum Gasteiger partial charge on any atom is 0.0404 e. The molecule has 0 aromatic heterocycles. The molecule has 0 amide bonds. The molecule has 0 aromatic carbocycles. The average molecular weight is 202 g/mol.